The quantitative estimate of drug-likeness (QED) is 0.250. The van der Waals surface area contributed by atoms with Crippen LogP contribution < -0.4 is 5.32 Å². The maximum atomic E-state index is 13.8. The third-order valence-corrected chi connectivity index (χ3v) is 7.48. The van der Waals surface area contributed by atoms with E-state index >= 15 is 0 Å². The number of rotatable bonds is 7. The molecule has 0 radical (unpaired) electrons. The zero-order valence-corrected chi connectivity index (χ0v) is 21.9. The lowest BCUT2D eigenvalue weighted by atomic mass is 9.96. The summed E-state index contributed by atoms with van der Waals surface area (Å²) in [5.74, 6) is -2.02. The number of carboxylic acid groups (broad SMARTS) is 1. The Balaban J connectivity index is 1.49. The first kappa shape index (κ1) is 27.6. The van der Waals surface area contributed by atoms with Crippen molar-refractivity contribution >= 4 is 34.5 Å². The number of amides is 1. The summed E-state index contributed by atoms with van der Waals surface area (Å²) in [6, 6.07) is 16.5. The van der Waals surface area contributed by atoms with Crippen molar-refractivity contribution in [3.05, 3.63) is 94.6 Å². The smallest absolute Gasteiger partial charge is 0.412 e. The van der Waals surface area contributed by atoms with Crippen LogP contribution in [0.5, 0.6) is 0 Å². The number of aliphatic carboxylic acids is 1. The minimum absolute atomic E-state index is 0.0176. The fraction of sp³-hybridized carbons (Fsp3) is 0.267. The Bertz CT molecular complexity index is 1550. The first-order valence-electron chi connectivity index (χ1n) is 12.8. The molecule has 4 aromatic rings. The second-order valence-electron chi connectivity index (χ2n) is 10.0. The second-order valence-corrected chi connectivity index (χ2v) is 10.4. The van der Waals surface area contributed by atoms with Crippen molar-refractivity contribution in [2.24, 2.45) is 11.8 Å². The minimum atomic E-state index is -4.69. The van der Waals surface area contributed by atoms with Crippen molar-refractivity contribution < 1.29 is 27.9 Å². The topological polar surface area (TPSA) is 92.2 Å². The number of fused-ring (bicyclic) bond motifs is 1. The van der Waals surface area contributed by atoms with Crippen molar-refractivity contribution in [3.63, 3.8) is 0 Å². The number of benzene rings is 3. The van der Waals surface area contributed by atoms with Crippen molar-refractivity contribution in [2.75, 3.05) is 0 Å². The van der Waals surface area contributed by atoms with Crippen LogP contribution in [0.25, 0.3) is 22.3 Å². The predicted molar refractivity (Wildman–Crippen MR) is 145 cm³/mol. The Labute approximate surface area is 233 Å². The molecule has 0 spiro atoms. The Hall–Kier alpha value is -3.98. The van der Waals surface area contributed by atoms with Crippen molar-refractivity contribution in [1.82, 2.24) is 15.3 Å². The summed E-state index contributed by atoms with van der Waals surface area (Å²) in [5, 5.41) is 12.1. The van der Waals surface area contributed by atoms with E-state index in [2.05, 4.69) is 5.32 Å². The highest BCUT2D eigenvalue weighted by molar-refractivity contribution is 6.30. The molecule has 3 atom stereocenters. The first-order chi connectivity index (χ1) is 19.1. The maximum absolute atomic E-state index is 13.8. The second kappa shape index (κ2) is 11.3. The number of hydrogen-bond acceptors (Lipinski definition) is 4. The van der Waals surface area contributed by atoms with E-state index in [4.69, 9.17) is 21.6 Å². The predicted octanol–water partition coefficient (Wildman–Crippen LogP) is 7.03. The van der Waals surface area contributed by atoms with Gasteiger partial charge < -0.3 is 10.4 Å². The van der Waals surface area contributed by atoms with Crippen LogP contribution in [0, 0.1) is 11.8 Å². The van der Waals surface area contributed by atoms with E-state index in [1.165, 1.54) is 36.4 Å². The lowest BCUT2D eigenvalue weighted by molar-refractivity contribution is -0.155. The Morgan fingerprint density at radius 3 is 2.35 bits per heavy atom. The molecule has 5 rings (SSSR count). The van der Waals surface area contributed by atoms with Gasteiger partial charge in [-0.25, -0.2) is 9.97 Å². The normalized spacial score (nSPS) is 18.0. The molecule has 40 heavy (non-hydrogen) atoms. The molecule has 6 nitrogen and oxygen atoms in total. The van der Waals surface area contributed by atoms with E-state index < -0.39 is 30.0 Å². The molecule has 0 bridgehead atoms. The van der Waals surface area contributed by atoms with Gasteiger partial charge in [-0.1, -0.05) is 54.1 Å². The molecule has 1 aliphatic carbocycles. The van der Waals surface area contributed by atoms with Gasteiger partial charge >= 0.3 is 12.1 Å². The molecule has 1 amide bonds. The van der Waals surface area contributed by atoms with E-state index in [9.17, 15) is 27.9 Å². The average Bonchev–Trinajstić information content (AvgIpc) is 3.40. The zero-order chi connectivity index (χ0) is 28.4. The number of nitrogens with zero attached hydrogens (tertiary/aromatic N) is 2. The third kappa shape index (κ3) is 6.09. The van der Waals surface area contributed by atoms with Crippen LogP contribution in [-0.4, -0.2) is 33.1 Å². The molecule has 10 heteroatoms. The molecule has 206 valence electrons. The molecule has 3 aromatic carbocycles. The number of carboxylic acids is 1. The van der Waals surface area contributed by atoms with Crippen LogP contribution in [0.15, 0.2) is 72.8 Å². The lowest BCUT2D eigenvalue weighted by Crippen LogP contribution is -2.38. The van der Waals surface area contributed by atoms with Gasteiger partial charge in [0.2, 0.25) is 0 Å². The van der Waals surface area contributed by atoms with Crippen LogP contribution >= 0.6 is 11.6 Å². The highest BCUT2D eigenvalue weighted by Gasteiger charge is 2.42. The number of carbonyl (C=O) groups is 2. The van der Waals surface area contributed by atoms with E-state index in [1.807, 2.05) is 12.1 Å². The van der Waals surface area contributed by atoms with Gasteiger partial charge in [0, 0.05) is 16.1 Å². The molecule has 1 saturated carbocycles. The third-order valence-electron chi connectivity index (χ3n) is 7.22. The summed E-state index contributed by atoms with van der Waals surface area (Å²) in [7, 11) is 0. The van der Waals surface area contributed by atoms with Crippen LogP contribution in [0.4, 0.5) is 13.2 Å². The summed E-state index contributed by atoms with van der Waals surface area (Å²) in [5.41, 5.74) is 2.78. The van der Waals surface area contributed by atoms with Gasteiger partial charge in [-0.15, -0.1) is 0 Å². The molecule has 1 heterocycles. The van der Waals surface area contributed by atoms with Crippen molar-refractivity contribution in [2.45, 2.75) is 37.9 Å². The number of alkyl halides is 3. The van der Waals surface area contributed by atoms with Gasteiger partial charge in [-0.3, -0.25) is 9.59 Å². The van der Waals surface area contributed by atoms with Gasteiger partial charge in [-0.2, -0.15) is 13.2 Å². The number of halogens is 4. The number of aromatic nitrogens is 2. The number of nitrogens with one attached hydrogen (secondary N) is 1. The number of hydrogen-bond donors (Lipinski definition) is 2. The Kier molecular flexibility index (Phi) is 7.76. The average molecular weight is 568 g/mol. The van der Waals surface area contributed by atoms with Crippen LogP contribution in [0.1, 0.15) is 46.9 Å². The zero-order valence-electron chi connectivity index (χ0n) is 21.2. The molecular weight excluding hydrogens is 543 g/mol. The van der Waals surface area contributed by atoms with Crippen LogP contribution in [0.2, 0.25) is 5.02 Å². The monoisotopic (exact) mass is 567 g/mol. The van der Waals surface area contributed by atoms with E-state index in [1.54, 1.807) is 24.3 Å². The van der Waals surface area contributed by atoms with Crippen molar-refractivity contribution in [3.8, 4) is 11.3 Å². The molecule has 0 aliphatic heterocycles. The summed E-state index contributed by atoms with van der Waals surface area (Å²) in [6.45, 7) is 0. The molecule has 1 aromatic heterocycles. The van der Waals surface area contributed by atoms with E-state index in [0.717, 1.165) is 12.0 Å². The summed E-state index contributed by atoms with van der Waals surface area (Å²) in [6.07, 6.45) is -2.37. The summed E-state index contributed by atoms with van der Waals surface area (Å²) in [4.78, 5) is 34.0. The Morgan fingerprint density at radius 2 is 1.70 bits per heavy atom. The molecule has 1 fully saturated rings. The van der Waals surface area contributed by atoms with E-state index in [0.29, 0.717) is 46.7 Å². The van der Waals surface area contributed by atoms with Gasteiger partial charge in [0.1, 0.15) is 0 Å². The fourth-order valence-electron chi connectivity index (χ4n) is 5.19. The molecule has 2 N–H and O–H groups in total. The summed E-state index contributed by atoms with van der Waals surface area (Å²) < 4.78 is 41.4. The first-order valence-corrected chi connectivity index (χ1v) is 13.2. The van der Waals surface area contributed by atoms with Crippen molar-refractivity contribution in [1.29, 1.82) is 0 Å². The van der Waals surface area contributed by atoms with Gasteiger partial charge in [0.15, 0.2) is 6.04 Å². The SMILES string of the molecule is O=C(N[C@@H](c1ccccc1)C(F)(F)F)c1ccc2nc(-c3ccc(Cl)cc3)c(CC3CCC(C(=O)O)C3)nc2c1. The maximum Gasteiger partial charge on any atom is 0.412 e. The largest absolute Gasteiger partial charge is 0.481 e. The van der Waals surface area contributed by atoms with Gasteiger partial charge in [0.05, 0.1) is 28.3 Å². The lowest BCUT2D eigenvalue weighted by Gasteiger charge is -2.22. The molecule has 1 aliphatic rings. The van der Waals surface area contributed by atoms with Crippen LogP contribution in [-0.2, 0) is 11.2 Å². The standard InChI is InChI=1S/C30H25ClF3N3O3/c31-22-11-8-18(9-12-22)26-25(15-17-6-7-21(14-17)29(39)40)35-24-16-20(10-13-23(24)36-26)28(38)37-27(30(32,33)34)19-4-2-1-3-5-19/h1-5,8-13,16-17,21,27H,6-7,14-15H2,(H,37,38)(H,39,40)/t17?,21?,27-/m0/s1. The minimum Gasteiger partial charge on any atom is -0.481 e. The molecule has 0 saturated heterocycles. The highest BCUT2D eigenvalue weighted by atomic mass is 35.5. The summed E-state index contributed by atoms with van der Waals surface area (Å²) >= 11 is 6.07. The molecule has 2 unspecified atom stereocenters. The van der Waals surface area contributed by atoms with E-state index in [-0.39, 0.29) is 17.0 Å². The van der Waals surface area contributed by atoms with Gasteiger partial charge in [-0.05, 0) is 67.5 Å². The molecular formula is C30H25ClF3N3O3. The van der Waals surface area contributed by atoms with Gasteiger partial charge in [0.25, 0.3) is 5.91 Å². The fourth-order valence-corrected chi connectivity index (χ4v) is 5.31. The highest BCUT2D eigenvalue weighted by Crippen LogP contribution is 2.36. The van der Waals surface area contributed by atoms with Crippen LogP contribution in [0.3, 0.4) is 0 Å². The Morgan fingerprint density at radius 1 is 0.975 bits per heavy atom. The number of carbonyl (C=O) groups excluding carboxylic acids is 1.